The summed E-state index contributed by atoms with van der Waals surface area (Å²) in [7, 11) is 0. The van der Waals surface area contributed by atoms with Crippen LogP contribution in [0.15, 0.2) is 46.9 Å². The Hall–Kier alpha value is -3.08. The lowest BCUT2D eigenvalue weighted by atomic mass is 10.1. The Balaban J connectivity index is 1.47. The molecule has 2 N–H and O–H groups in total. The van der Waals surface area contributed by atoms with E-state index in [1.807, 2.05) is 43.3 Å². The van der Waals surface area contributed by atoms with Crippen LogP contribution in [0.2, 0.25) is 0 Å². The van der Waals surface area contributed by atoms with Crippen LogP contribution in [0, 0.1) is 6.92 Å². The van der Waals surface area contributed by atoms with Crippen LogP contribution in [-0.4, -0.2) is 11.8 Å². The molecule has 126 valence electrons. The molecule has 2 aromatic carbocycles. The first kappa shape index (κ1) is 15.4. The lowest BCUT2D eigenvalue weighted by molar-refractivity contribution is 0.0831. The average molecular weight is 334 g/mol. The fraction of sp³-hybridized carbons (Fsp3) is 0.200. The van der Waals surface area contributed by atoms with Gasteiger partial charge < -0.3 is 4.42 Å². The highest BCUT2D eigenvalue weighted by Gasteiger charge is 2.19. The highest BCUT2D eigenvalue weighted by molar-refractivity contribution is 6.01. The first-order valence-electron chi connectivity index (χ1n) is 8.34. The Morgan fingerprint density at radius 3 is 2.56 bits per heavy atom. The molecule has 1 aromatic heterocycles. The van der Waals surface area contributed by atoms with Gasteiger partial charge in [0, 0.05) is 16.5 Å². The van der Waals surface area contributed by atoms with Crippen molar-refractivity contribution in [3.8, 4) is 0 Å². The Kier molecular flexibility index (Phi) is 3.76. The van der Waals surface area contributed by atoms with E-state index in [0.29, 0.717) is 11.1 Å². The number of benzene rings is 2. The molecule has 0 aliphatic heterocycles. The maximum Gasteiger partial charge on any atom is 0.305 e. The number of furan rings is 1. The maximum atomic E-state index is 12.3. The minimum absolute atomic E-state index is 0.204. The van der Waals surface area contributed by atoms with Crippen molar-refractivity contribution >= 4 is 22.8 Å². The van der Waals surface area contributed by atoms with Crippen molar-refractivity contribution in [1.82, 2.24) is 10.9 Å². The molecule has 0 saturated heterocycles. The van der Waals surface area contributed by atoms with Gasteiger partial charge in [0.15, 0.2) is 5.76 Å². The normalized spacial score (nSPS) is 12.8. The lowest BCUT2D eigenvalue weighted by Gasteiger charge is -2.08. The van der Waals surface area contributed by atoms with E-state index < -0.39 is 5.91 Å². The number of para-hydroxylation sites is 1. The Labute approximate surface area is 145 Å². The van der Waals surface area contributed by atoms with Crippen molar-refractivity contribution in [2.24, 2.45) is 0 Å². The molecule has 1 aliphatic carbocycles. The molecule has 0 radical (unpaired) electrons. The molecule has 0 atom stereocenters. The molecular weight excluding hydrogens is 316 g/mol. The van der Waals surface area contributed by atoms with E-state index >= 15 is 0 Å². The largest absolute Gasteiger partial charge is 0.451 e. The number of carbonyl (C=O) groups excluding carboxylic acids is 2. The number of amides is 2. The van der Waals surface area contributed by atoms with E-state index in [2.05, 4.69) is 10.9 Å². The van der Waals surface area contributed by atoms with Gasteiger partial charge in [0.25, 0.3) is 5.91 Å². The van der Waals surface area contributed by atoms with Gasteiger partial charge in [-0.2, -0.15) is 0 Å². The van der Waals surface area contributed by atoms with Gasteiger partial charge in [0.2, 0.25) is 0 Å². The molecular formula is C20H18N2O3. The molecule has 0 unspecified atom stereocenters. The fourth-order valence-corrected chi connectivity index (χ4v) is 3.35. The van der Waals surface area contributed by atoms with Crippen molar-refractivity contribution < 1.29 is 14.0 Å². The highest BCUT2D eigenvalue weighted by atomic mass is 16.3. The van der Waals surface area contributed by atoms with Crippen LogP contribution < -0.4 is 10.9 Å². The van der Waals surface area contributed by atoms with Gasteiger partial charge in [-0.15, -0.1) is 0 Å². The van der Waals surface area contributed by atoms with Crippen molar-refractivity contribution in [3.63, 3.8) is 0 Å². The predicted octanol–water partition coefficient (Wildman–Crippen LogP) is 3.30. The van der Waals surface area contributed by atoms with Crippen LogP contribution in [-0.2, 0) is 12.8 Å². The summed E-state index contributed by atoms with van der Waals surface area (Å²) in [6, 6.07) is 13.1. The van der Waals surface area contributed by atoms with Gasteiger partial charge in [0.1, 0.15) is 5.58 Å². The highest BCUT2D eigenvalue weighted by Crippen LogP contribution is 2.25. The monoisotopic (exact) mass is 334 g/mol. The molecule has 1 aliphatic rings. The summed E-state index contributed by atoms with van der Waals surface area (Å²) in [6.45, 7) is 1.82. The van der Waals surface area contributed by atoms with Crippen LogP contribution in [0.4, 0.5) is 0 Å². The molecule has 0 saturated carbocycles. The molecule has 0 fully saturated rings. The Morgan fingerprint density at radius 2 is 1.72 bits per heavy atom. The fourth-order valence-electron chi connectivity index (χ4n) is 3.35. The second-order valence-corrected chi connectivity index (χ2v) is 6.30. The lowest BCUT2D eigenvalue weighted by Crippen LogP contribution is -2.41. The van der Waals surface area contributed by atoms with E-state index in [9.17, 15) is 9.59 Å². The van der Waals surface area contributed by atoms with Gasteiger partial charge in [-0.1, -0.05) is 24.3 Å². The van der Waals surface area contributed by atoms with Gasteiger partial charge in [-0.3, -0.25) is 20.4 Å². The van der Waals surface area contributed by atoms with E-state index in [0.717, 1.165) is 30.2 Å². The van der Waals surface area contributed by atoms with E-state index in [4.69, 9.17) is 4.42 Å². The molecule has 0 bridgehead atoms. The summed E-state index contributed by atoms with van der Waals surface area (Å²) in [5, 5.41) is 0.887. The third kappa shape index (κ3) is 2.78. The van der Waals surface area contributed by atoms with Crippen LogP contribution in [0.3, 0.4) is 0 Å². The number of hydrogen-bond donors (Lipinski definition) is 2. The smallest absolute Gasteiger partial charge is 0.305 e. The Bertz CT molecular complexity index is 988. The minimum atomic E-state index is -0.469. The molecule has 5 heteroatoms. The van der Waals surface area contributed by atoms with Crippen LogP contribution >= 0.6 is 0 Å². The number of carbonyl (C=O) groups is 2. The summed E-state index contributed by atoms with van der Waals surface area (Å²) < 4.78 is 5.60. The zero-order valence-corrected chi connectivity index (χ0v) is 13.9. The third-order valence-electron chi connectivity index (χ3n) is 4.70. The minimum Gasteiger partial charge on any atom is -0.451 e. The van der Waals surface area contributed by atoms with Crippen LogP contribution in [0.25, 0.3) is 11.0 Å². The number of hydrazine groups is 1. The van der Waals surface area contributed by atoms with Crippen molar-refractivity contribution in [2.45, 2.75) is 26.2 Å². The molecule has 1 heterocycles. The van der Waals surface area contributed by atoms with Gasteiger partial charge in [0.05, 0.1) is 0 Å². The van der Waals surface area contributed by atoms with Crippen molar-refractivity contribution in [3.05, 3.63) is 70.5 Å². The molecule has 3 aromatic rings. The average Bonchev–Trinajstić information content (AvgIpc) is 3.23. The summed E-state index contributed by atoms with van der Waals surface area (Å²) in [5.74, 6) is -0.601. The third-order valence-corrected chi connectivity index (χ3v) is 4.70. The number of rotatable bonds is 2. The SMILES string of the molecule is Cc1c(C(=O)NNC(=O)c2ccc3c(c2)CCC3)oc2ccccc12. The topological polar surface area (TPSA) is 71.3 Å². The molecule has 5 nitrogen and oxygen atoms in total. The predicted molar refractivity (Wildman–Crippen MR) is 94.4 cm³/mol. The number of hydrogen-bond acceptors (Lipinski definition) is 3. The van der Waals surface area contributed by atoms with Gasteiger partial charge in [-0.25, -0.2) is 0 Å². The summed E-state index contributed by atoms with van der Waals surface area (Å²) in [5.41, 5.74) is 9.36. The first-order chi connectivity index (χ1) is 12.1. The second kappa shape index (κ2) is 6.09. The standard InChI is InChI=1S/C20H18N2O3/c1-12-16-7-2-3-8-17(16)25-18(12)20(24)22-21-19(23)15-10-9-13-5-4-6-14(13)11-15/h2-3,7-11H,4-6H2,1H3,(H,21,23)(H,22,24). The number of nitrogens with one attached hydrogen (secondary N) is 2. The van der Waals surface area contributed by atoms with Crippen LogP contribution in [0.1, 0.15) is 44.0 Å². The van der Waals surface area contributed by atoms with Gasteiger partial charge in [-0.05, 0) is 55.5 Å². The summed E-state index contributed by atoms with van der Waals surface area (Å²) in [6.07, 6.45) is 3.20. The van der Waals surface area contributed by atoms with E-state index in [1.54, 1.807) is 6.07 Å². The number of aryl methyl sites for hydroxylation is 3. The number of fused-ring (bicyclic) bond motifs is 2. The van der Waals surface area contributed by atoms with Crippen LogP contribution in [0.5, 0.6) is 0 Å². The molecule has 25 heavy (non-hydrogen) atoms. The molecule has 2 amide bonds. The maximum absolute atomic E-state index is 12.3. The zero-order valence-electron chi connectivity index (χ0n) is 13.9. The van der Waals surface area contributed by atoms with Gasteiger partial charge >= 0.3 is 5.91 Å². The zero-order chi connectivity index (χ0) is 17.4. The molecule has 0 spiro atoms. The van der Waals surface area contributed by atoms with Crippen molar-refractivity contribution in [2.75, 3.05) is 0 Å². The van der Waals surface area contributed by atoms with E-state index in [1.165, 1.54) is 11.1 Å². The van der Waals surface area contributed by atoms with E-state index in [-0.39, 0.29) is 11.7 Å². The first-order valence-corrected chi connectivity index (χ1v) is 8.34. The summed E-state index contributed by atoms with van der Waals surface area (Å²) in [4.78, 5) is 24.6. The molecule has 4 rings (SSSR count). The quantitative estimate of drug-likeness (QED) is 0.706. The second-order valence-electron chi connectivity index (χ2n) is 6.30. The summed E-state index contributed by atoms with van der Waals surface area (Å²) >= 11 is 0. The van der Waals surface area contributed by atoms with Crippen molar-refractivity contribution in [1.29, 1.82) is 0 Å². The Morgan fingerprint density at radius 1 is 0.960 bits per heavy atom.